The van der Waals surface area contributed by atoms with Gasteiger partial charge in [0.2, 0.25) is 0 Å². The Morgan fingerprint density at radius 3 is 2.46 bits per heavy atom. The highest BCUT2D eigenvalue weighted by atomic mass is 19.4. The highest BCUT2D eigenvalue weighted by Crippen LogP contribution is 2.38. The molecule has 1 saturated heterocycles. The molecule has 0 aliphatic carbocycles. The molecule has 3 heterocycles. The molecule has 0 saturated carbocycles. The van der Waals surface area contributed by atoms with E-state index in [9.17, 15) is 22.8 Å². The number of rotatable bonds is 6. The Bertz CT molecular complexity index is 1590. The van der Waals surface area contributed by atoms with Crippen molar-refractivity contribution >= 4 is 34.2 Å². The van der Waals surface area contributed by atoms with Gasteiger partial charge in [-0.05, 0) is 60.0 Å². The molecule has 39 heavy (non-hydrogen) atoms. The lowest BCUT2D eigenvalue weighted by Gasteiger charge is -2.21. The van der Waals surface area contributed by atoms with Crippen molar-refractivity contribution in [3.63, 3.8) is 0 Å². The predicted octanol–water partition coefficient (Wildman–Crippen LogP) is 6.55. The van der Waals surface area contributed by atoms with Crippen molar-refractivity contribution in [2.75, 3.05) is 23.5 Å². The van der Waals surface area contributed by atoms with Crippen LogP contribution >= 0.6 is 0 Å². The number of pyridine rings is 2. The average molecular weight is 537 g/mol. The number of ether oxygens (including phenoxy) is 2. The molecule has 11 heteroatoms. The minimum absolute atomic E-state index is 0.0563. The fraction of sp³-hybridized carbons (Fsp3) is 0.214. The molecular weight excluding hydrogens is 513 g/mol. The molecule has 0 unspecified atom stereocenters. The number of imide groups is 1. The minimum atomic E-state index is -4.64. The molecule has 0 spiro atoms. The summed E-state index contributed by atoms with van der Waals surface area (Å²) in [7, 11) is 1.57. The van der Waals surface area contributed by atoms with Gasteiger partial charge in [0.1, 0.15) is 23.8 Å². The van der Waals surface area contributed by atoms with Crippen molar-refractivity contribution < 1.29 is 32.2 Å². The van der Waals surface area contributed by atoms with Crippen LogP contribution in [0.25, 0.3) is 10.9 Å². The fourth-order valence-electron chi connectivity index (χ4n) is 4.34. The van der Waals surface area contributed by atoms with Crippen LogP contribution in [0.2, 0.25) is 0 Å². The van der Waals surface area contributed by atoms with Crippen molar-refractivity contribution in [2.24, 2.45) is 0 Å². The molecule has 2 aromatic carbocycles. The third-order valence-corrected chi connectivity index (χ3v) is 6.33. The Kier molecular flexibility index (Phi) is 6.59. The van der Waals surface area contributed by atoms with E-state index < -0.39 is 30.2 Å². The standard InChI is InChI=1S/C28H23F3N4O4/c1-16(2)21-11-18(4-7-24(21)39-25-8-9-33-23-6-5-20(38-3)12-22(23)25)35-26(36)15-34(27(35)37)19-10-17(13-32-14-19)28(29,30)31/h4-14,16H,15H2,1-3H3. The summed E-state index contributed by atoms with van der Waals surface area (Å²) in [6.07, 6.45) is -1.22. The minimum Gasteiger partial charge on any atom is -0.497 e. The zero-order valence-corrected chi connectivity index (χ0v) is 21.2. The van der Waals surface area contributed by atoms with Crippen LogP contribution in [-0.4, -0.2) is 35.6 Å². The van der Waals surface area contributed by atoms with Crippen molar-refractivity contribution in [1.82, 2.24) is 9.97 Å². The lowest BCUT2D eigenvalue weighted by atomic mass is 10.0. The van der Waals surface area contributed by atoms with Crippen molar-refractivity contribution in [3.05, 3.63) is 78.2 Å². The zero-order chi connectivity index (χ0) is 27.9. The molecular formula is C28H23F3N4O4. The second-order valence-corrected chi connectivity index (χ2v) is 9.20. The molecule has 0 radical (unpaired) electrons. The molecule has 0 N–H and O–H groups in total. The summed E-state index contributed by atoms with van der Waals surface area (Å²) in [6.45, 7) is 3.46. The highest BCUT2D eigenvalue weighted by molar-refractivity contribution is 6.27. The van der Waals surface area contributed by atoms with E-state index in [1.807, 2.05) is 26.0 Å². The summed E-state index contributed by atoms with van der Waals surface area (Å²) in [5, 5.41) is 0.742. The van der Waals surface area contributed by atoms with Gasteiger partial charge in [-0.2, -0.15) is 13.2 Å². The van der Waals surface area contributed by atoms with Crippen LogP contribution in [0, 0.1) is 0 Å². The van der Waals surface area contributed by atoms with Crippen LogP contribution in [0.4, 0.5) is 29.3 Å². The summed E-state index contributed by atoms with van der Waals surface area (Å²) in [6, 6.07) is 12.1. The van der Waals surface area contributed by atoms with E-state index in [1.165, 1.54) is 0 Å². The number of carbonyl (C=O) groups is 2. The molecule has 2 aromatic heterocycles. The quantitative estimate of drug-likeness (QED) is 0.260. The van der Waals surface area contributed by atoms with E-state index in [4.69, 9.17) is 9.47 Å². The summed E-state index contributed by atoms with van der Waals surface area (Å²) in [5.41, 5.74) is 0.594. The van der Waals surface area contributed by atoms with Crippen LogP contribution < -0.4 is 19.3 Å². The largest absolute Gasteiger partial charge is 0.497 e. The monoisotopic (exact) mass is 536 g/mol. The van der Waals surface area contributed by atoms with Crippen LogP contribution in [0.15, 0.2) is 67.1 Å². The summed E-state index contributed by atoms with van der Waals surface area (Å²) >= 11 is 0. The molecule has 200 valence electrons. The number of amides is 3. The third kappa shape index (κ3) is 4.95. The smallest absolute Gasteiger partial charge is 0.417 e. The number of aromatic nitrogens is 2. The first-order valence-electron chi connectivity index (χ1n) is 12.0. The maximum atomic E-state index is 13.2. The maximum absolute atomic E-state index is 13.2. The van der Waals surface area contributed by atoms with Crippen molar-refractivity contribution in [2.45, 2.75) is 25.9 Å². The van der Waals surface area contributed by atoms with Gasteiger partial charge in [-0.1, -0.05) is 13.8 Å². The number of urea groups is 1. The van der Waals surface area contributed by atoms with E-state index in [2.05, 4.69) is 9.97 Å². The number of carbonyl (C=O) groups excluding carboxylic acids is 2. The summed E-state index contributed by atoms with van der Waals surface area (Å²) < 4.78 is 51.1. The Morgan fingerprint density at radius 2 is 1.74 bits per heavy atom. The van der Waals surface area contributed by atoms with E-state index in [1.54, 1.807) is 43.6 Å². The summed E-state index contributed by atoms with van der Waals surface area (Å²) in [5.74, 6) is 1.07. The van der Waals surface area contributed by atoms with Gasteiger partial charge >= 0.3 is 12.2 Å². The Hall–Kier alpha value is -4.67. The van der Waals surface area contributed by atoms with Crippen molar-refractivity contribution in [3.8, 4) is 17.2 Å². The second-order valence-electron chi connectivity index (χ2n) is 9.20. The molecule has 3 amide bonds. The van der Waals surface area contributed by atoms with E-state index in [-0.39, 0.29) is 17.3 Å². The normalized spacial score (nSPS) is 14.0. The molecule has 0 atom stereocenters. The first-order chi connectivity index (χ1) is 18.6. The number of hydrogen-bond donors (Lipinski definition) is 0. The van der Waals surface area contributed by atoms with Gasteiger partial charge in [-0.25, -0.2) is 9.69 Å². The van der Waals surface area contributed by atoms with Gasteiger partial charge in [0, 0.05) is 17.8 Å². The number of halogens is 3. The lowest BCUT2D eigenvalue weighted by Crippen LogP contribution is -2.33. The Labute approximate surface area is 221 Å². The number of anilines is 2. The number of methoxy groups -OCH3 is 1. The van der Waals surface area contributed by atoms with Gasteiger partial charge in [0.25, 0.3) is 5.91 Å². The van der Waals surface area contributed by atoms with Gasteiger partial charge < -0.3 is 9.47 Å². The van der Waals surface area contributed by atoms with Crippen LogP contribution in [0.1, 0.15) is 30.9 Å². The second kappa shape index (κ2) is 9.90. The van der Waals surface area contributed by atoms with Crippen LogP contribution in [-0.2, 0) is 11.0 Å². The molecule has 1 aliphatic rings. The van der Waals surface area contributed by atoms with E-state index >= 15 is 0 Å². The molecule has 1 fully saturated rings. The van der Waals surface area contributed by atoms with Gasteiger partial charge in [0.15, 0.2) is 0 Å². The van der Waals surface area contributed by atoms with E-state index in [0.29, 0.717) is 29.0 Å². The third-order valence-electron chi connectivity index (χ3n) is 6.33. The molecule has 1 aliphatic heterocycles. The van der Waals surface area contributed by atoms with Gasteiger partial charge in [0.05, 0.1) is 35.8 Å². The summed E-state index contributed by atoms with van der Waals surface area (Å²) in [4.78, 5) is 36.0. The zero-order valence-electron chi connectivity index (χ0n) is 21.2. The van der Waals surface area contributed by atoms with Crippen molar-refractivity contribution in [1.29, 1.82) is 0 Å². The number of fused-ring (bicyclic) bond motifs is 1. The Morgan fingerprint density at radius 1 is 0.949 bits per heavy atom. The van der Waals surface area contributed by atoms with Gasteiger partial charge in [-0.15, -0.1) is 0 Å². The lowest BCUT2D eigenvalue weighted by molar-refractivity contribution is -0.137. The molecule has 0 bridgehead atoms. The number of benzene rings is 2. The molecule has 8 nitrogen and oxygen atoms in total. The number of alkyl halides is 3. The Balaban J connectivity index is 1.47. The van der Waals surface area contributed by atoms with Gasteiger partial charge in [-0.3, -0.25) is 19.7 Å². The number of nitrogens with zero attached hydrogens (tertiary/aromatic N) is 4. The van der Waals surface area contributed by atoms with E-state index in [0.717, 1.165) is 33.0 Å². The topological polar surface area (TPSA) is 84.9 Å². The van der Waals surface area contributed by atoms with Crippen LogP contribution in [0.5, 0.6) is 17.2 Å². The SMILES string of the molecule is COc1ccc2nccc(Oc3ccc(N4C(=O)CN(c5cncc(C(F)(F)F)c5)C4=O)cc3C(C)C)c2c1. The number of hydrogen-bond acceptors (Lipinski definition) is 6. The predicted molar refractivity (Wildman–Crippen MR) is 138 cm³/mol. The van der Waals surface area contributed by atoms with Crippen LogP contribution in [0.3, 0.4) is 0 Å². The first-order valence-corrected chi connectivity index (χ1v) is 12.0. The first kappa shape index (κ1) is 26.0. The average Bonchev–Trinajstić information content (AvgIpc) is 3.21. The highest BCUT2D eigenvalue weighted by Gasteiger charge is 2.40. The maximum Gasteiger partial charge on any atom is 0.417 e. The molecule has 4 aromatic rings. The molecule has 5 rings (SSSR count). The fourth-order valence-corrected chi connectivity index (χ4v) is 4.34.